The van der Waals surface area contributed by atoms with Crippen LogP contribution in [0, 0.1) is 17.2 Å². The first-order valence-electron chi connectivity index (χ1n) is 14.2. The highest BCUT2D eigenvalue weighted by Crippen LogP contribution is 2.57. The number of nitriles is 1. The number of hydrogen-bond donors (Lipinski definition) is 2. The average Bonchev–Trinajstić information content (AvgIpc) is 3.79. The Morgan fingerprint density at radius 2 is 1.52 bits per heavy atom. The van der Waals surface area contributed by atoms with Gasteiger partial charge in [0.05, 0.1) is 28.6 Å². The smallest absolute Gasteiger partial charge is 0.170 e. The molecule has 2 fully saturated rings. The molecule has 8 heteroatoms. The van der Waals surface area contributed by atoms with E-state index in [9.17, 15) is 10.4 Å². The number of pyridine rings is 1. The fourth-order valence-electron chi connectivity index (χ4n) is 6.51. The minimum absolute atomic E-state index is 0.405. The second-order valence-electron chi connectivity index (χ2n) is 11.7. The molecule has 0 aliphatic heterocycles. The second-order valence-corrected chi connectivity index (χ2v) is 11.7. The molecule has 8 nitrogen and oxygen atoms in total. The number of aliphatic hydroxyl groups is 1. The first kappa shape index (κ1) is 24.8. The van der Waals surface area contributed by atoms with Crippen molar-refractivity contribution >= 4 is 16.8 Å². The van der Waals surface area contributed by atoms with E-state index < -0.39 is 11.1 Å². The summed E-state index contributed by atoms with van der Waals surface area (Å²) in [7, 11) is 0. The zero-order chi connectivity index (χ0) is 28.5. The first-order valence-corrected chi connectivity index (χ1v) is 14.2. The van der Waals surface area contributed by atoms with Crippen LogP contribution in [0.25, 0.3) is 50.7 Å². The average molecular weight is 550 g/mol. The first-order chi connectivity index (χ1) is 20.4. The second kappa shape index (κ2) is 9.02. The van der Waals surface area contributed by atoms with Crippen LogP contribution >= 0.6 is 0 Å². The van der Waals surface area contributed by atoms with Gasteiger partial charge < -0.3 is 10.8 Å². The predicted octanol–water partition coefficient (Wildman–Crippen LogP) is 5.63. The summed E-state index contributed by atoms with van der Waals surface area (Å²) in [5.41, 5.74) is 13.3. The van der Waals surface area contributed by atoms with E-state index in [2.05, 4.69) is 40.5 Å². The Morgan fingerprint density at radius 1 is 0.810 bits per heavy atom. The van der Waals surface area contributed by atoms with E-state index in [4.69, 9.17) is 15.7 Å². The number of nitrogens with zero attached hydrogens (tertiary/aromatic N) is 6. The maximum atomic E-state index is 10.9. The van der Waals surface area contributed by atoms with Gasteiger partial charge in [0, 0.05) is 22.2 Å². The zero-order valence-corrected chi connectivity index (χ0v) is 22.8. The third-order valence-electron chi connectivity index (χ3n) is 8.80. The molecule has 0 atom stereocenters. The molecule has 42 heavy (non-hydrogen) atoms. The summed E-state index contributed by atoms with van der Waals surface area (Å²) < 4.78 is 1.90. The van der Waals surface area contributed by atoms with Crippen molar-refractivity contribution in [3.63, 3.8) is 0 Å². The van der Waals surface area contributed by atoms with Crippen LogP contribution in [0.15, 0.2) is 91.0 Å². The van der Waals surface area contributed by atoms with Crippen LogP contribution in [0.4, 0.5) is 0 Å². The van der Waals surface area contributed by atoms with Gasteiger partial charge in [0.25, 0.3) is 0 Å². The summed E-state index contributed by atoms with van der Waals surface area (Å²) in [6.45, 7) is 0. The van der Waals surface area contributed by atoms with E-state index in [-0.39, 0.29) is 0 Å². The highest BCUT2D eigenvalue weighted by molar-refractivity contribution is 5.87. The molecule has 3 aromatic carbocycles. The topological polar surface area (TPSA) is 126 Å². The minimum Gasteiger partial charge on any atom is -0.389 e. The Labute approximate surface area is 242 Å². The summed E-state index contributed by atoms with van der Waals surface area (Å²) in [5, 5.41) is 29.2. The normalized spacial score (nSPS) is 21.7. The Kier molecular flexibility index (Phi) is 5.32. The van der Waals surface area contributed by atoms with Crippen molar-refractivity contribution in [3.8, 4) is 40.0 Å². The molecular formula is C34H27N7O. The molecule has 0 saturated heterocycles. The molecule has 0 radical (unpaired) electrons. The molecule has 2 aliphatic carbocycles. The Balaban J connectivity index is 1.27. The van der Waals surface area contributed by atoms with Gasteiger partial charge in [0.2, 0.25) is 0 Å². The lowest BCUT2D eigenvalue weighted by atomic mass is 9.60. The molecule has 2 saturated carbocycles. The van der Waals surface area contributed by atoms with Crippen LogP contribution in [0.5, 0.6) is 0 Å². The molecule has 3 aromatic heterocycles. The number of fused-ring (bicyclic) bond motifs is 3. The van der Waals surface area contributed by atoms with Crippen molar-refractivity contribution in [3.05, 3.63) is 102 Å². The molecule has 3 N–H and O–H groups in total. The van der Waals surface area contributed by atoms with E-state index in [1.807, 2.05) is 59.0 Å². The van der Waals surface area contributed by atoms with Crippen molar-refractivity contribution in [1.82, 2.24) is 24.6 Å². The number of hydrogen-bond acceptors (Lipinski definition) is 7. The van der Waals surface area contributed by atoms with Crippen LogP contribution in [-0.2, 0) is 5.54 Å². The summed E-state index contributed by atoms with van der Waals surface area (Å²) in [6, 6.07) is 31.5. The van der Waals surface area contributed by atoms with E-state index >= 15 is 0 Å². The molecule has 3 heterocycles. The van der Waals surface area contributed by atoms with Crippen molar-refractivity contribution in [2.75, 3.05) is 0 Å². The Morgan fingerprint density at radius 3 is 2.26 bits per heavy atom. The molecule has 204 valence electrons. The van der Waals surface area contributed by atoms with Gasteiger partial charge >= 0.3 is 0 Å². The molecule has 0 spiro atoms. The predicted molar refractivity (Wildman–Crippen MR) is 160 cm³/mol. The van der Waals surface area contributed by atoms with Crippen molar-refractivity contribution < 1.29 is 5.11 Å². The van der Waals surface area contributed by atoms with Gasteiger partial charge in [-0.15, -0.1) is 10.2 Å². The maximum Gasteiger partial charge on any atom is 0.170 e. The van der Waals surface area contributed by atoms with Crippen LogP contribution < -0.4 is 5.73 Å². The van der Waals surface area contributed by atoms with Crippen LogP contribution in [-0.4, -0.2) is 35.3 Å². The molecule has 0 bridgehead atoms. The lowest BCUT2D eigenvalue weighted by Gasteiger charge is -2.52. The Hall–Kier alpha value is -4.97. The zero-order valence-electron chi connectivity index (χ0n) is 22.8. The number of benzene rings is 3. The molecular weight excluding hydrogens is 522 g/mol. The van der Waals surface area contributed by atoms with Crippen LogP contribution in [0.2, 0.25) is 0 Å². The van der Waals surface area contributed by atoms with E-state index in [0.717, 1.165) is 46.5 Å². The monoisotopic (exact) mass is 549 g/mol. The van der Waals surface area contributed by atoms with E-state index in [0.29, 0.717) is 47.0 Å². The summed E-state index contributed by atoms with van der Waals surface area (Å²) >= 11 is 0. The SMILES string of the molecule is N#Cc1cccc(-c2nnc3ccc4nc(-c5ccc(C6(N)CC(O)(C7CC7)C6)cc5)c(-c5ccccc5)nc4n23)c1. The highest BCUT2D eigenvalue weighted by atomic mass is 16.3. The number of nitrogens with two attached hydrogens (primary N) is 1. The fraction of sp³-hybridized carbons (Fsp3) is 0.206. The molecule has 8 rings (SSSR count). The number of rotatable bonds is 5. The Bertz CT molecular complexity index is 2030. The van der Waals surface area contributed by atoms with Gasteiger partial charge in [-0.1, -0.05) is 66.7 Å². The highest BCUT2D eigenvalue weighted by Gasteiger charge is 2.58. The molecule has 6 aromatic rings. The van der Waals surface area contributed by atoms with E-state index in [1.165, 1.54) is 0 Å². The standard InChI is InChI=1S/C34H27N7O/c35-18-21-5-4-8-24(17-21)31-40-39-28-16-15-27-32(41(28)31)38-30(22-6-2-1-3-7-22)29(37-27)23-9-11-25(12-10-23)33(36)19-34(42,20-33)26-13-14-26/h1-12,15-17,26,42H,13-14,19-20,36H2. The summed E-state index contributed by atoms with van der Waals surface area (Å²) in [4.78, 5) is 10.3. The lowest BCUT2D eigenvalue weighted by Crippen LogP contribution is -2.60. The van der Waals surface area contributed by atoms with Gasteiger partial charge in [-0.05, 0) is 61.4 Å². The fourth-order valence-corrected chi connectivity index (χ4v) is 6.51. The van der Waals surface area contributed by atoms with Gasteiger partial charge in [-0.25, -0.2) is 9.97 Å². The maximum absolute atomic E-state index is 10.9. The van der Waals surface area contributed by atoms with Crippen molar-refractivity contribution in [2.24, 2.45) is 11.7 Å². The summed E-state index contributed by atoms with van der Waals surface area (Å²) in [5.74, 6) is 1.00. The van der Waals surface area contributed by atoms with Gasteiger partial charge in [0.1, 0.15) is 5.52 Å². The summed E-state index contributed by atoms with van der Waals surface area (Å²) in [6.07, 6.45) is 3.40. The molecule has 2 aliphatic rings. The lowest BCUT2D eigenvalue weighted by molar-refractivity contribution is -0.106. The minimum atomic E-state index is -0.611. The largest absolute Gasteiger partial charge is 0.389 e. The van der Waals surface area contributed by atoms with Gasteiger partial charge in [-0.3, -0.25) is 4.40 Å². The van der Waals surface area contributed by atoms with E-state index in [1.54, 1.807) is 12.1 Å². The quantitative estimate of drug-likeness (QED) is 0.285. The van der Waals surface area contributed by atoms with Crippen molar-refractivity contribution in [1.29, 1.82) is 5.26 Å². The third-order valence-corrected chi connectivity index (χ3v) is 8.80. The van der Waals surface area contributed by atoms with Crippen molar-refractivity contribution in [2.45, 2.75) is 36.8 Å². The molecule has 0 amide bonds. The molecule has 0 unspecified atom stereocenters. The third kappa shape index (κ3) is 3.90. The van der Waals surface area contributed by atoms with Crippen LogP contribution in [0.3, 0.4) is 0 Å². The van der Waals surface area contributed by atoms with Gasteiger partial charge in [-0.2, -0.15) is 5.26 Å². The van der Waals surface area contributed by atoms with Crippen LogP contribution in [0.1, 0.15) is 36.8 Å². The van der Waals surface area contributed by atoms with Gasteiger partial charge in [0.15, 0.2) is 17.1 Å². The number of aromatic nitrogens is 5.